The zero-order chi connectivity index (χ0) is 21.1. The highest BCUT2D eigenvalue weighted by Crippen LogP contribution is 2.08. The molecule has 2 atom stereocenters. The van der Waals surface area contributed by atoms with Gasteiger partial charge in [0.1, 0.15) is 0 Å². The minimum Gasteiger partial charge on any atom is -0.374 e. The van der Waals surface area contributed by atoms with Gasteiger partial charge >= 0.3 is 0 Å². The summed E-state index contributed by atoms with van der Waals surface area (Å²) in [7, 11) is 0. The van der Waals surface area contributed by atoms with Crippen LogP contribution in [0.3, 0.4) is 0 Å². The summed E-state index contributed by atoms with van der Waals surface area (Å²) in [4.78, 5) is 12.5. The predicted molar refractivity (Wildman–Crippen MR) is 123 cm³/mol. The maximum absolute atomic E-state index is 5.96. The standard InChI is InChI=1S/C22H46N6O/c1-6-23-22(25-15-21-18-28(12-13-29-21)16-19(3)4)24-14-20(5)17-27-10-8-26(7-2)9-11-27/h19-21H,6-18H2,1-5H3,(H2,23,24,25). The molecule has 2 saturated heterocycles. The van der Waals surface area contributed by atoms with Crippen LogP contribution in [0.2, 0.25) is 0 Å². The number of likely N-dealkylation sites (N-methyl/N-ethyl adjacent to an activating group) is 1. The lowest BCUT2D eigenvalue weighted by atomic mass is 10.1. The van der Waals surface area contributed by atoms with Crippen LogP contribution in [0.25, 0.3) is 0 Å². The second kappa shape index (κ2) is 13.4. The average molecular weight is 411 g/mol. The van der Waals surface area contributed by atoms with Crippen molar-refractivity contribution in [1.29, 1.82) is 0 Å². The predicted octanol–water partition coefficient (Wildman–Crippen LogP) is 1.17. The van der Waals surface area contributed by atoms with Crippen molar-refractivity contribution in [3.05, 3.63) is 0 Å². The second-order valence-electron chi connectivity index (χ2n) is 9.09. The van der Waals surface area contributed by atoms with Crippen molar-refractivity contribution < 1.29 is 4.74 Å². The Bertz CT molecular complexity index is 464. The molecule has 0 aromatic rings. The summed E-state index contributed by atoms with van der Waals surface area (Å²) < 4.78 is 5.96. The summed E-state index contributed by atoms with van der Waals surface area (Å²) in [6.07, 6.45) is 0.235. The molecular formula is C22H46N6O. The van der Waals surface area contributed by atoms with Gasteiger partial charge in [0.25, 0.3) is 0 Å². The largest absolute Gasteiger partial charge is 0.374 e. The molecule has 0 spiro atoms. The van der Waals surface area contributed by atoms with Crippen molar-refractivity contribution in [3.63, 3.8) is 0 Å². The Balaban J connectivity index is 1.72. The van der Waals surface area contributed by atoms with Crippen LogP contribution < -0.4 is 10.6 Å². The number of nitrogens with zero attached hydrogens (tertiary/aromatic N) is 4. The first kappa shape index (κ1) is 24.4. The van der Waals surface area contributed by atoms with Gasteiger partial charge in [-0.05, 0) is 25.3 Å². The molecule has 170 valence electrons. The van der Waals surface area contributed by atoms with Gasteiger partial charge in [-0.1, -0.05) is 27.7 Å². The highest BCUT2D eigenvalue weighted by molar-refractivity contribution is 5.79. The molecule has 0 aromatic carbocycles. The first-order valence-electron chi connectivity index (χ1n) is 11.8. The molecule has 2 unspecified atom stereocenters. The lowest BCUT2D eigenvalue weighted by Crippen LogP contribution is -2.50. The van der Waals surface area contributed by atoms with E-state index in [2.05, 4.69) is 60.0 Å². The molecule has 0 bridgehead atoms. The van der Waals surface area contributed by atoms with Crippen molar-refractivity contribution in [2.45, 2.75) is 40.7 Å². The Morgan fingerprint density at radius 1 is 0.966 bits per heavy atom. The number of hydrogen-bond donors (Lipinski definition) is 2. The number of ether oxygens (including phenoxy) is 1. The molecule has 0 amide bonds. The number of piperazine rings is 1. The molecule has 2 rings (SSSR count). The van der Waals surface area contributed by atoms with E-state index in [9.17, 15) is 0 Å². The number of guanidine groups is 1. The third kappa shape index (κ3) is 9.64. The molecule has 7 nitrogen and oxygen atoms in total. The Labute approximate surface area is 179 Å². The molecule has 2 aliphatic heterocycles. The van der Waals surface area contributed by atoms with Crippen molar-refractivity contribution in [3.8, 4) is 0 Å². The van der Waals surface area contributed by atoms with Gasteiger partial charge in [-0.2, -0.15) is 0 Å². The van der Waals surface area contributed by atoms with E-state index < -0.39 is 0 Å². The number of rotatable bonds is 10. The van der Waals surface area contributed by atoms with Crippen LogP contribution in [0.15, 0.2) is 4.99 Å². The van der Waals surface area contributed by atoms with Crippen LogP contribution in [0, 0.1) is 11.8 Å². The number of nitrogens with one attached hydrogen (secondary N) is 2. The highest BCUT2D eigenvalue weighted by atomic mass is 16.5. The van der Waals surface area contributed by atoms with Gasteiger partial charge in [-0.15, -0.1) is 0 Å². The molecule has 2 N–H and O–H groups in total. The van der Waals surface area contributed by atoms with E-state index in [1.807, 2.05) is 0 Å². The third-order valence-corrected chi connectivity index (χ3v) is 5.73. The fourth-order valence-electron chi connectivity index (χ4n) is 4.17. The van der Waals surface area contributed by atoms with Gasteiger partial charge in [-0.3, -0.25) is 9.89 Å². The van der Waals surface area contributed by atoms with E-state index in [-0.39, 0.29) is 6.10 Å². The van der Waals surface area contributed by atoms with Crippen LogP contribution in [-0.4, -0.2) is 112 Å². The molecule has 0 aliphatic carbocycles. The highest BCUT2D eigenvalue weighted by Gasteiger charge is 2.21. The van der Waals surface area contributed by atoms with E-state index in [4.69, 9.17) is 9.73 Å². The average Bonchev–Trinajstić information content (AvgIpc) is 2.70. The lowest BCUT2D eigenvalue weighted by Gasteiger charge is -2.35. The number of hydrogen-bond acceptors (Lipinski definition) is 5. The van der Waals surface area contributed by atoms with Crippen molar-refractivity contribution in [1.82, 2.24) is 25.3 Å². The molecule has 0 aromatic heterocycles. The Kier molecular flexibility index (Phi) is 11.3. The SMILES string of the molecule is CCNC(=NCC(C)CN1CCN(CC)CC1)NCC1CN(CC(C)C)CCO1. The maximum Gasteiger partial charge on any atom is 0.191 e. The van der Waals surface area contributed by atoms with Gasteiger partial charge in [0.15, 0.2) is 5.96 Å². The van der Waals surface area contributed by atoms with Gasteiger partial charge in [-0.25, -0.2) is 0 Å². The summed E-state index contributed by atoms with van der Waals surface area (Å²) in [5.41, 5.74) is 0. The summed E-state index contributed by atoms with van der Waals surface area (Å²) >= 11 is 0. The monoisotopic (exact) mass is 410 g/mol. The zero-order valence-electron chi connectivity index (χ0n) is 19.6. The Morgan fingerprint density at radius 2 is 1.69 bits per heavy atom. The Morgan fingerprint density at radius 3 is 2.34 bits per heavy atom. The van der Waals surface area contributed by atoms with E-state index in [0.29, 0.717) is 11.8 Å². The minimum absolute atomic E-state index is 0.235. The first-order chi connectivity index (χ1) is 14.0. The van der Waals surface area contributed by atoms with Crippen LogP contribution in [0.5, 0.6) is 0 Å². The van der Waals surface area contributed by atoms with Crippen LogP contribution >= 0.6 is 0 Å². The van der Waals surface area contributed by atoms with E-state index in [1.165, 1.54) is 32.7 Å². The van der Waals surface area contributed by atoms with E-state index in [0.717, 1.165) is 58.4 Å². The molecule has 7 heteroatoms. The fourth-order valence-corrected chi connectivity index (χ4v) is 4.17. The first-order valence-corrected chi connectivity index (χ1v) is 11.8. The van der Waals surface area contributed by atoms with E-state index >= 15 is 0 Å². The Hall–Kier alpha value is -0.890. The number of morpholine rings is 1. The van der Waals surface area contributed by atoms with Gasteiger partial charge in [0, 0.05) is 72.0 Å². The second-order valence-corrected chi connectivity index (χ2v) is 9.09. The molecule has 0 radical (unpaired) electrons. The summed E-state index contributed by atoms with van der Waals surface area (Å²) in [5.74, 6) is 2.18. The van der Waals surface area contributed by atoms with E-state index in [1.54, 1.807) is 0 Å². The quantitative estimate of drug-likeness (QED) is 0.417. The molecule has 29 heavy (non-hydrogen) atoms. The summed E-state index contributed by atoms with van der Waals surface area (Å²) in [6, 6.07) is 0. The van der Waals surface area contributed by atoms with Crippen LogP contribution in [0.4, 0.5) is 0 Å². The van der Waals surface area contributed by atoms with Gasteiger partial charge in [0.2, 0.25) is 0 Å². The lowest BCUT2D eigenvalue weighted by molar-refractivity contribution is -0.0284. The third-order valence-electron chi connectivity index (χ3n) is 5.73. The van der Waals surface area contributed by atoms with Crippen LogP contribution in [-0.2, 0) is 4.74 Å². The molecular weight excluding hydrogens is 364 g/mol. The van der Waals surface area contributed by atoms with Crippen molar-refractivity contribution in [2.75, 3.05) is 85.1 Å². The normalized spacial score (nSPS) is 24.1. The van der Waals surface area contributed by atoms with Crippen molar-refractivity contribution in [2.24, 2.45) is 16.8 Å². The zero-order valence-corrected chi connectivity index (χ0v) is 19.6. The summed E-state index contributed by atoms with van der Waals surface area (Å²) in [5, 5.41) is 6.89. The molecule has 2 heterocycles. The number of aliphatic imine (C=N–C) groups is 1. The topological polar surface area (TPSA) is 55.4 Å². The fraction of sp³-hybridized carbons (Fsp3) is 0.955. The van der Waals surface area contributed by atoms with Crippen LogP contribution in [0.1, 0.15) is 34.6 Å². The molecule has 0 saturated carbocycles. The van der Waals surface area contributed by atoms with Gasteiger partial charge in [0.05, 0.1) is 12.7 Å². The summed E-state index contributed by atoms with van der Waals surface area (Å²) in [6.45, 7) is 24.9. The smallest absolute Gasteiger partial charge is 0.191 e. The molecule has 2 aliphatic rings. The van der Waals surface area contributed by atoms with Crippen molar-refractivity contribution >= 4 is 5.96 Å². The molecule has 2 fully saturated rings. The maximum atomic E-state index is 5.96. The minimum atomic E-state index is 0.235. The van der Waals surface area contributed by atoms with Gasteiger partial charge < -0.3 is 25.2 Å².